The van der Waals surface area contributed by atoms with E-state index in [4.69, 9.17) is 0 Å². The molecule has 0 spiro atoms. The second-order valence-corrected chi connectivity index (χ2v) is 5.03. The number of benzene rings is 1. The molecule has 2 N–H and O–H groups in total. The van der Waals surface area contributed by atoms with Crippen molar-refractivity contribution in [3.8, 4) is 0 Å². The smallest absolute Gasteiger partial charge is 0.255 e. The van der Waals surface area contributed by atoms with Crippen molar-refractivity contribution in [2.24, 2.45) is 0 Å². The summed E-state index contributed by atoms with van der Waals surface area (Å²) in [5.41, 5.74) is 4.24. The predicted molar refractivity (Wildman–Crippen MR) is 75.4 cm³/mol. The van der Waals surface area contributed by atoms with Crippen molar-refractivity contribution in [1.82, 2.24) is 9.97 Å². The Balaban J connectivity index is 1.75. The minimum Gasteiger partial charge on any atom is -0.352 e. The SMILES string of the molecule is Cc1ccc(CNc2nc3c(c(=O)[nH]2)CCC3)cc1. The van der Waals surface area contributed by atoms with Gasteiger partial charge in [0.15, 0.2) is 0 Å². The van der Waals surface area contributed by atoms with Crippen molar-refractivity contribution in [1.29, 1.82) is 0 Å². The fourth-order valence-corrected chi connectivity index (χ4v) is 2.42. The van der Waals surface area contributed by atoms with E-state index in [1.807, 2.05) is 0 Å². The number of hydrogen-bond acceptors (Lipinski definition) is 3. The Kier molecular flexibility index (Phi) is 3.07. The fraction of sp³-hybridized carbons (Fsp3) is 0.333. The lowest BCUT2D eigenvalue weighted by Crippen LogP contribution is -2.17. The minimum absolute atomic E-state index is 0.00825. The lowest BCUT2D eigenvalue weighted by molar-refractivity contribution is 0.898. The molecule has 98 valence electrons. The van der Waals surface area contributed by atoms with Crippen LogP contribution in [0.25, 0.3) is 0 Å². The van der Waals surface area contributed by atoms with Crippen LogP contribution in [-0.4, -0.2) is 9.97 Å². The summed E-state index contributed by atoms with van der Waals surface area (Å²) in [4.78, 5) is 19.1. The molecule has 0 saturated carbocycles. The molecule has 0 saturated heterocycles. The van der Waals surface area contributed by atoms with Gasteiger partial charge >= 0.3 is 0 Å². The molecule has 0 atom stereocenters. The molecule has 2 aromatic rings. The van der Waals surface area contributed by atoms with Crippen LogP contribution in [0.4, 0.5) is 5.95 Å². The van der Waals surface area contributed by atoms with Gasteiger partial charge in [-0.3, -0.25) is 9.78 Å². The Hall–Kier alpha value is -2.10. The first-order chi connectivity index (χ1) is 9.22. The van der Waals surface area contributed by atoms with Gasteiger partial charge in [-0.2, -0.15) is 0 Å². The predicted octanol–water partition coefficient (Wildman–Crippen LogP) is 2.18. The standard InChI is InChI=1S/C15H17N3O/c1-10-5-7-11(8-6-10)9-16-15-17-13-4-2-3-12(13)14(19)18-15/h5-8H,2-4,9H2,1H3,(H2,16,17,18,19). The molecule has 19 heavy (non-hydrogen) atoms. The number of H-pyrrole nitrogens is 1. The molecule has 0 fully saturated rings. The summed E-state index contributed by atoms with van der Waals surface area (Å²) in [6.07, 6.45) is 2.81. The van der Waals surface area contributed by atoms with Crippen molar-refractivity contribution >= 4 is 5.95 Å². The Morgan fingerprint density at radius 2 is 2.05 bits per heavy atom. The maximum absolute atomic E-state index is 11.9. The maximum atomic E-state index is 11.9. The number of nitrogens with one attached hydrogen (secondary N) is 2. The van der Waals surface area contributed by atoms with Crippen molar-refractivity contribution in [3.05, 3.63) is 57.0 Å². The summed E-state index contributed by atoms with van der Waals surface area (Å²) in [6.45, 7) is 2.73. The molecule has 1 aromatic heterocycles. The highest BCUT2D eigenvalue weighted by atomic mass is 16.1. The Labute approximate surface area is 111 Å². The normalized spacial score (nSPS) is 13.3. The number of hydrogen-bond donors (Lipinski definition) is 2. The maximum Gasteiger partial charge on any atom is 0.255 e. The molecule has 0 unspecified atom stereocenters. The van der Waals surface area contributed by atoms with E-state index in [0.29, 0.717) is 12.5 Å². The van der Waals surface area contributed by atoms with Gasteiger partial charge in [0.05, 0.1) is 5.69 Å². The third-order valence-corrected chi connectivity index (χ3v) is 3.52. The molecule has 0 aliphatic heterocycles. The quantitative estimate of drug-likeness (QED) is 0.883. The molecule has 0 amide bonds. The van der Waals surface area contributed by atoms with E-state index in [2.05, 4.69) is 46.5 Å². The average Bonchev–Trinajstić information content (AvgIpc) is 2.87. The number of anilines is 1. The Morgan fingerprint density at radius 3 is 2.84 bits per heavy atom. The molecule has 1 heterocycles. The van der Waals surface area contributed by atoms with E-state index in [1.165, 1.54) is 11.1 Å². The number of aryl methyl sites for hydroxylation is 2. The van der Waals surface area contributed by atoms with Crippen molar-refractivity contribution in [2.45, 2.75) is 32.7 Å². The summed E-state index contributed by atoms with van der Waals surface area (Å²) < 4.78 is 0. The van der Waals surface area contributed by atoms with Gasteiger partial charge in [0.1, 0.15) is 0 Å². The van der Waals surface area contributed by atoms with Gasteiger partial charge in [-0.15, -0.1) is 0 Å². The molecule has 4 nitrogen and oxygen atoms in total. The van der Waals surface area contributed by atoms with Crippen LogP contribution in [-0.2, 0) is 19.4 Å². The van der Waals surface area contributed by atoms with Gasteiger partial charge in [-0.25, -0.2) is 4.98 Å². The minimum atomic E-state index is 0.00825. The number of fused-ring (bicyclic) bond motifs is 1. The largest absolute Gasteiger partial charge is 0.352 e. The first kappa shape index (κ1) is 12.0. The van der Waals surface area contributed by atoms with E-state index >= 15 is 0 Å². The van der Waals surface area contributed by atoms with Crippen LogP contribution in [0.3, 0.4) is 0 Å². The summed E-state index contributed by atoms with van der Waals surface area (Å²) >= 11 is 0. The zero-order chi connectivity index (χ0) is 13.2. The van der Waals surface area contributed by atoms with Gasteiger partial charge in [0.25, 0.3) is 5.56 Å². The second-order valence-electron chi connectivity index (χ2n) is 5.03. The molecule has 0 radical (unpaired) electrons. The number of aromatic nitrogens is 2. The van der Waals surface area contributed by atoms with E-state index in [-0.39, 0.29) is 5.56 Å². The van der Waals surface area contributed by atoms with E-state index in [9.17, 15) is 4.79 Å². The van der Waals surface area contributed by atoms with Crippen LogP contribution in [0.5, 0.6) is 0 Å². The zero-order valence-corrected chi connectivity index (χ0v) is 11.0. The van der Waals surface area contributed by atoms with Crippen LogP contribution in [0.2, 0.25) is 0 Å². The molecule has 4 heteroatoms. The van der Waals surface area contributed by atoms with Crippen LogP contribution in [0.1, 0.15) is 28.8 Å². The van der Waals surface area contributed by atoms with Gasteiger partial charge in [-0.05, 0) is 31.7 Å². The lowest BCUT2D eigenvalue weighted by atomic mass is 10.1. The average molecular weight is 255 g/mol. The highest BCUT2D eigenvalue weighted by Gasteiger charge is 2.16. The van der Waals surface area contributed by atoms with Gasteiger partial charge in [0.2, 0.25) is 5.95 Å². The van der Waals surface area contributed by atoms with Crippen molar-refractivity contribution in [2.75, 3.05) is 5.32 Å². The third kappa shape index (κ3) is 2.52. The summed E-state index contributed by atoms with van der Waals surface area (Å²) in [6, 6.07) is 8.31. The third-order valence-electron chi connectivity index (χ3n) is 3.52. The first-order valence-electron chi connectivity index (χ1n) is 6.64. The molecular formula is C15H17N3O. The first-order valence-corrected chi connectivity index (χ1v) is 6.64. The van der Waals surface area contributed by atoms with Gasteiger partial charge in [-0.1, -0.05) is 29.8 Å². The second kappa shape index (κ2) is 4.88. The highest BCUT2D eigenvalue weighted by Crippen LogP contribution is 2.16. The molecule has 0 bridgehead atoms. The van der Waals surface area contributed by atoms with E-state index < -0.39 is 0 Å². The monoisotopic (exact) mass is 255 g/mol. The zero-order valence-electron chi connectivity index (χ0n) is 11.0. The number of rotatable bonds is 3. The van der Waals surface area contributed by atoms with Crippen LogP contribution in [0.15, 0.2) is 29.1 Å². The number of nitrogens with zero attached hydrogens (tertiary/aromatic N) is 1. The molecule has 1 aromatic carbocycles. The van der Waals surface area contributed by atoms with Crippen LogP contribution < -0.4 is 10.9 Å². The summed E-state index contributed by atoms with van der Waals surface area (Å²) in [7, 11) is 0. The van der Waals surface area contributed by atoms with E-state index in [0.717, 1.165) is 30.5 Å². The van der Waals surface area contributed by atoms with Crippen molar-refractivity contribution < 1.29 is 0 Å². The molecule has 1 aliphatic rings. The van der Waals surface area contributed by atoms with Crippen LogP contribution >= 0.6 is 0 Å². The lowest BCUT2D eigenvalue weighted by Gasteiger charge is -2.07. The number of aromatic amines is 1. The molecule has 1 aliphatic carbocycles. The Bertz CT molecular complexity index is 643. The molecule has 3 rings (SSSR count). The molecular weight excluding hydrogens is 238 g/mol. The van der Waals surface area contributed by atoms with Crippen molar-refractivity contribution in [3.63, 3.8) is 0 Å². The summed E-state index contributed by atoms with van der Waals surface area (Å²) in [5, 5.41) is 3.18. The Morgan fingerprint density at radius 1 is 1.26 bits per heavy atom. The van der Waals surface area contributed by atoms with Gasteiger partial charge < -0.3 is 5.32 Å². The van der Waals surface area contributed by atoms with Crippen LogP contribution in [0, 0.1) is 6.92 Å². The van der Waals surface area contributed by atoms with E-state index in [1.54, 1.807) is 0 Å². The fourth-order valence-electron chi connectivity index (χ4n) is 2.42. The highest BCUT2D eigenvalue weighted by molar-refractivity contribution is 5.33. The topological polar surface area (TPSA) is 57.8 Å². The van der Waals surface area contributed by atoms with Gasteiger partial charge in [0, 0.05) is 12.1 Å². The summed E-state index contributed by atoms with van der Waals surface area (Å²) in [5.74, 6) is 0.575.